The number of hydrogen-bond acceptors (Lipinski definition) is 3. The Kier molecular flexibility index (Phi) is 9.91. The van der Waals surface area contributed by atoms with Gasteiger partial charge in [0.15, 0.2) is 0 Å². The third kappa shape index (κ3) is 7.41. The van der Waals surface area contributed by atoms with Gasteiger partial charge in [-0.1, -0.05) is 77.4 Å². The first kappa shape index (κ1) is 34.0. The van der Waals surface area contributed by atoms with Gasteiger partial charge < -0.3 is 14.2 Å². The van der Waals surface area contributed by atoms with Crippen molar-refractivity contribution in [2.45, 2.75) is 54.6 Å². The molecule has 0 atom stereocenters. The normalized spacial score (nSPS) is 11.4. The minimum Gasteiger partial charge on any atom is -0.413 e. The maximum absolute atomic E-state index is 6.18. The molecule has 49 heavy (non-hydrogen) atoms. The Morgan fingerprint density at radius 1 is 0.449 bits per heavy atom. The van der Waals surface area contributed by atoms with E-state index in [1.807, 2.05) is 0 Å². The Labute approximate surface area is 294 Å². The molecule has 0 bridgehead atoms. The van der Waals surface area contributed by atoms with Crippen LogP contribution in [0, 0.1) is 34.6 Å². The summed E-state index contributed by atoms with van der Waals surface area (Å²) < 4.78 is 6.18. The van der Waals surface area contributed by atoms with Crippen LogP contribution in [0.2, 0.25) is 13.1 Å². The number of aryl methyl sites for hydroxylation is 5. The van der Waals surface area contributed by atoms with E-state index in [0.29, 0.717) is 0 Å². The lowest BCUT2D eigenvalue weighted by Gasteiger charge is -2.29. The molecule has 0 unspecified atom stereocenters. The second-order valence-corrected chi connectivity index (χ2v) is 17.6. The number of rotatable bonds is 10. The van der Waals surface area contributed by atoms with Gasteiger partial charge in [-0.05, 0) is 155 Å². The summed E-state index contributed by atoms with van der Waals surface area (Å²) in [7, 11) is -1.94. The van der Waals surface area contributed by atoms with E-state index in [1.165, 1.54) is 55.5 Å². The molecule has 0 heterocycles. The van der Waals surface area contributed by atoms with Gasteiger partial charge in [-0.25, -0.2) is 0 Å². The van der Waals surface area contributed by atoms with E-state index >= 15 is 0 Å². The summed E-state index contributed by atoms with van der Waals surface area (Å²) in [5.74, 6) is 0. The van der Waals surface area contributed by atoms with E-state index in [4.69, 9.17) is 4.43 Å². The Morgan fingerprint density at radius 2 is 0.776 bits per heavy atom. The van der Waals surface area contributed by atoms with Gasteiger partial charge in [-0.2, -0.15) is 0 Å². The van der Waals surface area contributed by atoms with Gasteiger partial charge >= 0.3 is 0 Å². The molecule has 0 aliphatic rings. The lowest BCUT2D eigenvalue weighted by Crippen LogP contribution is -2.44. The smallest absolute Gasteiger partial charge is 0.218 e. The zero-order valence-electron chi connectivity index (χ0n) is 30.2. The highest BCUT2D eigenvalue weighted by atomic mass is 28.4. The predicted octanol–water partition coefficient (Wildman–Crippen LogP) is 12.3. The van der Waals surface area contributed by atoms with E-state index in [-0.39, 0.29) is 0 Å². The average Bonchev–Trinajstić information content (AvgIpc) is 3.09. The highest BCUT2D eigenvalue weighted by Crippen LogP contribution is 2.41. The van der Waals surface area contributed by atoms with E-state index < -0.39 is 8.32 Å². The zero-order chi connectivity index (χ0) is 34.7. The highest BCUT2D eigenvalue weighted by molar-refractivity contribution is 6.84. The van der Waals surface area contributed by atoms with Crippen molar-refractivity contribution in [3.63, 3.8) is 0 Å². The van der Waals surface area contributed by atoms with Crippen molar-refractivity contribution in [1.29, 1.82) is 0 Å². The summed E-state index contributed by atoms with van der Waals surface area (Å²) in [6.45, 7) is 18.2. The zero-order valence-corrected chi connectivity index (χ0v) is 31.2. The van der Waals surface area contributed by atoms with Gasteiger partial charge in [-0.3, -0.25) is 0 Å². The summed E-state index contributed by atoms with van der Waals surface area (Å²) in [6, 6.07) is 49.0. The highest BCUT2D eigenvalue weighted by Gasteiger charge is 2.25. The lowest BCUT2D eigenvalue weighted by atomic mass is 9.98. The minimum atomic E-state index is -1.94. The molecule has 6 aromatic rings. The summed E-state index contributed by atoms with van der Waals surface area (Å²) in [5, 5.41) is 1.30. The van der Waals surface area contributed by atoms with Crippen molar-refractivity contribution in [2.24, 2.45) is 0 Å². The van der Waals surface area contributed by atoms with E-state index in [1.54, 1.807) is 0 Å². The van der Waals surface area contributed by atoms with Crippen molar-refractivity contribution < 1.29 is 4.43 Å². The molecule has 6 aromatic carbocycles. The quantitative estimate of drug-likeness (QED) is 0.136. The van der Waals surface area contributed by atoms with Crippen LogP contribution in [0.25, 0.3) is 11.1 Å². The first-order valence-electron chi connectivity index (χ1n) is 17.3. The van der Waals surface area contributed by atoms with Crippen LogP contribution in [0.1, 0.15) is 34.7 Å². The van der Waals surface area contributed by atoms with Crippen molar-refractivity contribution in [3.05, 3.63) is 161 Å². The molecule has 4 heteroatoms. The van der Waals surface area contributed by atoms with Crippen molar-refractivity contribution in [1.82, 2.24) is 0 Å². The maximum atomic E-state index is 6.18. The standard InChI is InChI=1S/C45H48N2OSi/c1-9-48-49(7,8)43-26-24-42(25-27-43)47(41-22-14-34(4)15-23-41)45-29-17-38(31-36(45)6)37-16-28-44(35(5)30-37)46(39-18-10-32(2)11-19-39)40-20-12-33(3)13-21-40/h10-31H,9H2,1-8H3. The molecule has 0 saturated heterocycles. The molecule has 0 radical (unpaired) electrons. The Balaban J connectivity index is 1.36. The van der Waals surface area contributed by atoms with Crippen LogP contribution in [0.4, 0.5) is 34.1 Å². The van der Waals surface area contributed by atoms with E-state index in [9.17, 15) is 0 Å². The molecule has 6 rings (SSSR count). The Morgan fingerprint density at radius 3 is 1.08 bits per heavy atom. The largest absolute Gasteiger partial charge is 0.413 e. The average molecular weight is 661 g/mol. The van der Waals surface area contributed by atoms with Crippen LogP contribution in [0.3, 0.4) is 0 Å². The summed E-state index contributed by atoms with van der Waals surface area (Å²) in [4.78, 5) is 4.72. The van der Waals surface area contributed by atoms with Gasteiger partial charge in [0.25, 0.3) is 0 Å². The summed E-state index contributed by atoms with van der Waals surface area (Å²) >= 11 is 0. The molecule has 0 spiro atoms. The first-order chi connectivity index (χ1) is 23.5. The molecule has 0 N–H and O–H groups in total. The fourth-order valence-corrected chi connectivity index (χ4v) is 8.42. The molecule has 0 aliphatic heterocycles. The number of anilines is 6. The predicted molar refractivity (Wildman–Crippen MR) is 214 cm³/mol. The molecule has 0 fully saturated rings. The maximum Gasteiger partial charge on any atom is 0.218 e. The third-order valence-corrected chi connectivity index (χ3v) is 12.1. The van der Waals surface area contributed by atoms with Gasteiger partial charge in [0.05, 0.1) is 0 Å². The van der Waals surface area contributed by atoms with E-state index in [0.717, 1.165) is 29.4 Å². The van der Waals surface area contributed by atoms with Crippen molar-refractivity contribution in [3.8, 4) is 11.1 Å². The van der Waals surface area contributed by atoms with Gasteiger partial charge in [0.1, 0.15) is 0 Å². The van der Waals surface area contributed by atoms with Crippen LogP contribution in [-0.4, -0.2) is 14.9 Å². The number of hydrogen-bond donors (Lipinski definition) is 0. The third-order valence-electron chi connectivity index (χ3n) is 9.41. The second kappa shape index (κ2) is 14.3. The number of nitrogens with zero attached hydrogens (tertiary/aromatic N) is 2. The first-order valence-corrected chi connectivity index (χ1v) is 20.2. The van der Waals surface area contributed by atoms with Gasteiger partial charge in [0.2, 0.25) is 8.32 Å². The van der Waals surface area contributed by atoms with E-state index in [2.05, 4.69) is 198 Å². The topological polar surface area (TPSA) is 15.7 Å². The Bertz CT molecular complexity index is 1980. The molecule has 0 aromatic heterocycles. The Hall–Kier alpha value is -4.90. The fraction of sp³-hybridized carbons (Fsp3) is 0.200. The van der Waals surface area contributed by atoms with Crippen LogP contribution in [-0.2, 0) is 4.43 Å². The van der Waals surface area contributed by atoms with Crippen LogP contribution < -0.4 is 15.0 Å². The van der Waals surface area contributed by atoms with Crippen molar-refractivity contribution in [2.75, 3.05) is 16.4 Å². The fourth-order valence-electron chi connectivity index (χ4n) is 6.56. The molecule has 0 amide bonds. The van der Waals surface area contributed by atoms with Crippen LogP contribution in [0.15, 0.2) is 133 Å². The molecular weight excluding hydrogens is 613 g/mol. The minimum absolute atomic E-state index is 0.738. The van der Waals surface area contributed by atoms with Crippen LogP contribution in [0.5, 0.6) is 0 Å². The molecule has 248 valence electrons. The lowest BCUT2D eigenvalue weighted by molar-refractivity contribution is 0.339. The second-order valence-electron chi connectivity index (χ2n) is 13.7. The van der Waals surface area contributed by atoms with Crippen molar-refractivity contribution >= 4 is 47.6 Å². The molecular formula is C45H48N2OSi. The molecule has 3 nitrogen and oxygen atoms in total. The van der Waals surface area contributed by atoms with Gasteiger partial charge in [0, 0.05) is 40.7 Å². The number of benzene rings is 6. The summed E-state index contributed by atoms with van der Waals surface area (Å²) in [5.41, 5.74) is 15.5. The SMILES string of the molecule is CCO[Si](C)(C)c1ccc(N(c2ccc(C)cc2)c2ccc(-c3ccc(N(c4ccc(C)cc4)c4ccc(C)cc4)c(C)c3)cc2C)cc1. The molecule has 0 aliphatic carbocycles. The van der Waals surface area contributed by atoms with Crippen LogP contribution >= 0.6 is 0 Å². The molecule has 0 saturated carbocycles. The summed E-state index contributed by atoms with van der Waals surface area (Å²) in [6.07, 6.45) is 0. The van der Waals surface area contributed by atoms with Gasteiger partial charge in [-0.15, -0.1) is 0 Å². The monoisotopic (exact) mass is 660 g/mol.